The minimum Gasteiger partial charge on any atom is -0.334 e. The van der Waals surface area contributed by atoms with Gasteiger partial charge in [-0.3, -0.25) is 4.79 Å². The van der Waals surface area contributed by atoms with Crippen LogP contribution >= 0.6 is 0 Å². The number of benzene rings is 2. The number of amides is 1. The number of carbonyl (C=O) groups excluding carboxylic acids is 1. The summed E-state index contributed by atoms with van der Waals surface area (Å²) < 4.78 is 4.16. The second-order valence-corrected chi connectivity index (χ2v) is 6.85. The van der Waals surface area contributed by atoms with Gasteiger partial charge in [0.2, 0.25) is 0 Å². The number of imidazole rings is 2. The van der Waals surface area contributed by atoms with E-state index >= 15 is 0 Å². The van der Waals surface area contributed by atoms with E-state index in [1.807, 2.05) is 60.3 Å². The van der Waals surface area contributed by atoms with Crippen LogP contribution in [-0.4, -0.2) is 37.0 Å². The van der Waals surface area contributed by atoms with Crippen LogP contribution in [0.5, 0.6) is 0 Å². The Morgan fingerprint density at radius 2 is 1.89 bits per heavy atom. The molecule has 2 heterocycles. The smallest absolute Gasteiger partial charge is 0.254 e. The molecule has 0 spiro atoms. The molecule has 0 saturated carbocycles. The Labute approximate surface area is 164 Å². The van der Waals surface area contributed by atoms with Crippen LogP contribution in [0, 0.1) is 0 Å². The van der Waals surface area contributed by atoms with Gasteiger partial charge in [0.1, 0.15) is 5.82 Å². The van der Waals surface area contributed by atoms with E-state index in [0.29, 0.717) is 12.1 Å². The second-order valence-electron chi connectivity index (χ2n) is 6.85. The molecule has 4 aromatic rings. The first-order valence-electron chi connectivity index (χ1n) is 9.40. The number of para-hydroxylation sites is 2. The van der Waals surface area contributed by atoms with E-state index in [-0.39, 0.29) is 5.91 Å². The minimum absolute atomic E-state index is 0.0103. The minimum atomic E-state index is -0.0103. The van der Waals surface area contributed by atoms with Crippen molar-refractivity contribution in [3.63, 3.8) is 0 Å². The van der Waals surface area contributed by atoms with Crippen molar-refractivity contribution in [1.82, 2.24) is 24.0 Å². The molecule has 2 aromatic carbocycles. The van der Waals surface area contributed by atoms with Gasteiger partial charge in [-0.2, -0.15) is 0 Å². The molecule has 1 amide bonds. The largest absolute Gasteiger partial charge is 0.334 e. The van der Waals surface area contributed by atoms with E-state index in [9.17, 15) is 4.79 Å². The van der Waals surface area contributed by atoms with Gasteiger partial charge in [0.15, 0.2) is 0 Å². The number of fused-ring (bicyclic) bond motifs is 1. The summed E-state index contributed by atoms with van der Waals surface area (Å²) in [4.78, 5) is 23.4. The molecule has 0 atom stereocenters. The lowest BCUT2D eigenvalue weighted by molar-refractivity contribution is 0.0780. The van der Waals surface area contributed by atoms with E-state index < -0.39 is 0 Å². The van der Waals surface area contributed by atoms with Crippen LogP contribution in [0.2, 0.25) is 0 Å². The van der Waals surface area contributed by atoms with E-state index in [4.69, 9.17) is 4.98 Å². The van der Waals surface area contributed by atoms with Crippen molar-refractivity contribution in [2.24, 2.45) is 0 Å². The summed E-state index contributed by atoms with van der Waals surface area (Å²) in [6.07, 6.45) is 5.47. The normalized spacial score (nSPS) is 11.1. The third-order valence-corrected chi connectivity index (χ3v) is 4.90. The first-order chi connectivity index (χ1) is 13.7. The summed E-state index contributed by atoms with van der Waals surface area (Å²) in [5.41, 5.74) is 3.87. The molecule has 0 unspecified atom stereocenters. The van der Waals surface area contributed by atoms with Crippen LogP contribution in [0.15, 0.2) is 67.3 Å². The molecule has 6 heteroatoms. The second kappa shape index (κ2) is 7.68. The van der Waals surface area contributed by atoms with E-state index in [0.717, 1.165) is 35.5 Å². The van der Waals surface area contributed by atoms with Gasteiger partial charge >= 0.3 is 0 Å². The molecule has 0 bridgehead atoms. The number of nitrogens with zero attached hydrogens (tertiary/aromatic N) is 5. The molecule has 0 saturated heterocycles. The summed E-state index contributed by atoms with van der Waals surface area (Å²) in [6, 6.07) is 15.8. The highest BCUT2D eigenvalue weighted by molar-refractivity contribution is 5.94. The molecule has 0 fully saturated rings. The zero-order valence-corrected chi connectivity index (χ0v) is 16.1. The predicted octanol–water partition coefficient (Wildman–Crippen LogP) is 3.57. The van der Waals surface area contributed by atoms with Crippen molar-refractivity contribution in [1.29, 1.82) is 0 Å². The van der Waals surface area contributed by atoms with Crippen LogP contribution in [0.3, 0.4) is 0 Å². The number of rotatable bonds is 6. The fourth-order valence-corrected chi connectivity index (χ4v) is 3.45. The third-order valence-electron chi connectivity index (χ3n) is 4.90. The molecule has 28 heavy (non-hydrogen) atoms. The molecule has 0 aliphatic carbocycles. The monoisotopic (exact) mass is 373 g/mol. The Balaban J connectivity index is 1.49. The van der Waals surface area contributed by atoms with Crippen molar-refractivity contribution in [3.8, 4) is 0 Å². The maximum absolute atomic E-state index is 12.9. The van der Waals surface area contributed by atoms with Crippen LogP contribution in [0.25, 0.3) is 11.0 Å². The molecule has 0 radical (unpaired) electrons. The lowest BCUT2D eigenvalue weighted by Gasteiger charge is -2.18. The molecule has 0 aliphatic rings. The molecule has 4 rings (SSSR count). The maximum Gasteiger partial charge on any atom is 0.254 e. The molecule has 6 nitrogen and oxygen atoms in total. The highest BCUT2D eigenvalue weighted by Gasteiger charge is 2.16. The third kappa shape index (κ3) is 3.53. The van der Waals surface area contributed by atoms with Gasteiger partial charge in [0, 0.05) is 38.1 Å². The van der Waals surface area contributed by atoms with Gasteiger partial charge in [0.05, 0.1) is 23.9 Å². The Hall–Kier alpha value is -3.41. The number of aromatic nitrogens is 4. The first kappa shape index (κ1) is 18.0. The highest BCUT2D eigenvalue weighted by atomic mass is 16.2. The SMILES string of the molecule is CCn1c(CN(C)C(=O)c2ccc(Cn3ccnc3)cc2)nc2ccccc21. The summed E-state index contributed by atoms with van der Waals surface area (Å²) in [7, 11) is 1.82. The summed E-state index contributed by atoms with van der Waals surface area (Å²) in [6.45, 7) is 4.13. The quantitative estimate of drug-likeness (QED) is 0.519. The highest BCUT2D eigenvalue weighted by Crippen LogP contribution is 2.18. The molecular weight excluding hydrogens is 350 g/mol. The maximum atomic E-state index is 12.9. The van der Waals surface area contributed by atoms with Gasteiger partial charge in [-0.25, -0.2) is 9.97 Å². The molecule has 0 aliphatic heterocycles. The fourth-order valence-electron chi connectivity index (χ4n) is 3.45. The van der Waals surface area contributed by atoms with Crippen LogP contribution < -0.4 is 0 Å². The number of hydrogen-bond donors (Lipinski definition) is 0. The molecule has 0 N–H and O–H groups in total. The van der Waals surface area contributed by atoms with Crippen LogP contribution in [0.4, 0.5) is 0 Å². The summed E-state index contributed by atoms with van der Waals surface area (Å²) in [5.74, 6) is 0.889. The molecular formula is C22H23N5O. The van der Waals surface area contributed by atoms with Gasteiger partial charge < -0.3 is 14.0 Å². The number of hydrogen-bond acceptors (Lipinski definition) is 3. The number of carbonyl (C=O) groups is 1. The van der Waals surface area contributed by atoms with Gasteiger partial charge in [0.25, 0.3) is 5.91 Å². The fraction of sp³-hybridized carbons (Fsp3) is 0.227. The van der Waals surface area contributed by atoms with E-state index in [2.05, 4.69) is 22.5 Å². The zero-order chi connectivity index (χ0) is 19.5. The van der Waals surface area contributed by atoms with Gasteiger partial charge in [-0.05, 0) is 36.8 Å². The average Bonchev–Trinajstić information content (AvgIpc) is 3.35. The van der Waals surface area contributed by atoms with Crippen LogP contribution in [0.1, 0.15) is 28.7 Å². The van der Waals surface area contributed by atoms with Crippen molar-refractivity contribution in [3.05, 3.63) is 84.2 Å². The van der Waals surface area contributed by atoms with Crippen molar-refractivity contribution in [2.45, 2.75) is 26.6 Å². The van der Waals surface area contributed by atoms with Gasteiger partial charge in [-0.15, -0.1) is 0 Å². The number of aryl methyl sites for hydroxylation is 1. The lowest BCUT2D eigenvalue weighted by Crippen LogP contribution is -2.27. The zero-order valence-electron chi connectivity index (χ0n) is 16.1. The Morgan fingerprint density at radius 1 is 1.11 bits per heavy atom. The van der Waals surface area contributed by atoms with Crippen molar-refractivity contribution in [2.75, 3.05) is 7.05 Å². The van der Waals surface area contributed by atoms with Crippen molar-refractivity contribution >= 4 is 16.9 Å². The lowest BCUT2D eigenvalue weighted by atomic mass is 10.1. The Kier molecular flexibility index (Phi) is 4.93. The molecule has 142 valence electrons. The standard InChI is InChI=1S/C22H23N5O/c1-3-27-20-7-5-4-6-19(20)24-21(27)15-25(2)22(28)18-10-8-17(9-11-18)14-26-13-12-23-16-26/h4-13,16H,3,14-15H2,1-2H3. The molecule has 2 aromatic heterocycles. The average molecular weight is 373 g/mol. The van der Waals surface area contributed by atoms with Crippen molar-refractivity contribution < 1.29 is 4.79 Å². The topological polar surface area (TPSA) is 56.0 Å². The van der Waals surface area contributed by atoms with E-state index in [1.54, 1.807) is 17.4 Å². The summed E-state index contributed by atoms with van der Waals surface area (Å²) in [5, 5.41) is 0. The van der Waals surface area contributed by atoms with Gasteiger partial charge in [-0.1, -0.05) is 24.3 Å². The van der Waals surface area contributed by atoms with Crippen LogP contribution in [-0.2, 0) is 19.6 Å². The predicted molar refractivity (Wildman–Crippen MR) is 109 cm³/mol. The summed E-state index contributed by atoms with van der Waals surface area (Å²) >= 11 is 0. The first-order valence-corrected chi connectivity index (χ1v) is 9.40. The Bertz CT molecular complexity index is 1080. The van der Waals surface area contributed by atoms with E-state index in [1.165, 1.54) is 0 Å². The Morgan fingerprint density at radius 3 is 2.61 bits per heavy atom.